The van der Waals surface area contributed by atoms with Crippen molar-refractivity contribution in [3.05, 3.63) is 58.1 Å². The fraction of sp³-hybridized carbons (Fsp3) is 0.176. The van der Waals surface area contributed by atoms with Crippen molar-refractivity contribution in [2.24, 2.45) is 5.10 Å². The van der Waals surface area contributed by atoms with Crippen LogP contribution in [0, 0.1) is 6.92 Å². The predicted octanol–water partition coefficient (Wildman–Crippen LogP) is 4.01. The van der Waals surface area contributed by atoms with Gasteiger partial charge in [0.2, 0.25) is 0 Å². The Morgan fingerprint density at radius 2 is 2.04 bits per heavy atom. The van der Waals surface area contributed by atoms with Gasteiger partial charge in [-0.1, -0.05) is 18.2 Å². The fourth-order valence-electron chi connectivity index (χ4n) is 1.77. The molecule has 0 bridgehead atoms. The maximum absolute atomic E-state index is 11.7. The normalized spacial score (nSPS) is 10.7. The third-order valence-electron chi connectivity index (χ3n) is 2.96. The van der Waals surface area contributed by atoms with Crippen LogP contribution >= 0.6 is 27.7 Å². The molecule has 0 aromatic heterocycles. The minimum atomic E-state index is -0.311. The zero-order valence-corrected chi connectivity index (χ0v) is 15.3. The average molecular weight is 393 g/mol. The number of nitrogens with zero attached hydrogens (tertiary/aromatic N) is 1. The molecule has 0 radical (unpaired) electrons. The van der Waals surface area contributed by atoms with E-state index in [4.69, 9.17) is 4.74 Å². The van der Waals surface area contributed by atoms with Gasteiger partial charge in [0.25, 0.3) is 5.91 Å². The summed E-state index contributed by atoms with van der Waals surface area (Å²) in [5.41, 5.74) is 4.48. The summed E-state index contributed by atoms with van der Waals surface area (Å²) in [7, 11) is 0. The third kappa shape index (κ3) is 5.73. The summed E-state index contributed by atoms with van der Waals surface area (Å²) in [5.74, 6) is 0.317. The van der Waals surface area contributed by atoms with Crippen molar-refractivity contribution < 1.29 is 9.53 Å². The van der Waals surface area contributed by atoms with E-state index in [1.54, 1.807) is 18.0 Å². The standard InChI is InChI=1S/C17H17BrN2O2S/c1-12-3-8-16(15(18)9-12)22-11-17(21)20-19-10-13-4-6-14(23-2)7-5-13/h3-10H,11H2,1-2H3,(H,20,21). The number of hydrazone groups is 1. The van der Waals surface area contributed by atoms with Crippen LogP contribution in [0.15, 0.2) is 56.9 Å². The number of hydrogen-bond acceptors (Lipinski definition) is 4. The van der Waals surface area contributed by atoms with Crippen LogP contribution in [0.2, 0.25) is 0 Å². The van der Waals surface area contributed by atoms with Gasteiger partial charge in [0.15, 0.2) is 6.61 Å². The Morgan fingerprint density at radius 1 is 1.30 bits per heavy atom. The number of benzene rings is 2. The molecule has 23 heavy (non-hydrogen) atoms. The molecule has 2 rings (SSSR count). The SMILES string of the molecule is CSc1ccc(C=NNC(=O)COc2ccc(C)cc2Br)cc1. The Balaban J connectivity index is 1.81. The van der Waals surface area contributed by atoms with Gasteiger partial charge in [-0.2, -0.15) is 5.10 Å². The van der Waals surface area contributed by atoms with Crippen molar-refractivity contribution >= 4 is 39.8 Å². The molecular weight excluding hydrogens is 376 g/mol. The van der Waals surface area contributed by atoms with E-state index < -0.39 is 0 Å². The van der Waals surface area contributed by atoms with Crippen LogP contribution in [0.3, 0.4) is 0 Å². The summed E-state index contributed by atoms with van der Waals surface area (Å²) >= 11 is 5.08. The molecule has 1 N–H and O–H groups in total. The lowest BCUT2D eigenvalue weighted by Gasteiger charge is -2.07. The van der Waals surface area contributed by atoms with E-state index in [9.17, 15) is 4.79 Å². The number of halogens is 1. The van der Waals surface area contributed by atoms with E-state index in [0.717, 1.165) is 15.6 Å². The first kappa shape index (κ1) is 17.6. The summed E-state index contributed by atoms with van der Waals surface area (Å²) in [6.45, 7) is 1.89. The van der Waals surface area contributed by atoms with Crippen molar-refractivity contribution in [3.63, 3.8) is 0 Å². The Morgan fingerprint density at radius 3 is 2.70 bits per heavy atom. The molecule has 0 unspecified atom stereocenters. The van der Waals surface area contributed by atoms with E-state index in [0.29, 0.717) is 5.75 Å². The van der Waals surface area contributed by atoms with Gasteiger partial charge in [0, 0.05) is 4.90 Å². The number of rotatable bonds is 6. The molecule has 0 spiro atoms. The molecule has 0 atom stereocenters. The zero-order valence-electron chi connectivity index (χ0n) is 12.9. The Kier molecular flexibility index (Phi) is 6.67. The molecule has 0 aliphatic carbocycles. The fourth-order valence-corrected chi connectivity index (χ4v) is 2.78. The molecule has 0 aliphatic heterocycles. The maximum atomic E-state index is 11.7. The van der Waals surface area contributed by atoms with Crippen LogP contribution in [0.4, 0.5) is 0 Å². The molecule has 0 heterocycles. The molecule has 6 heteroatoms. The molecule has 120 valence electrons. The summed E-state index contributed by atoms with van der Waals surface area (Å²) in [6.07, 6.45) is 3.62. The smallest absolute Gasteiger partial charge is 0.277 e. The number of hydrogen-bond donors (Lipinski definition) is 1. The number of thioether (sulfide) groups is 1. The number of carbonyl (C=O) groups excluding carboxylic acids is 1. The van der Waals surface area contributed by atoms with Crippen molar-refractivity contribution in [3.8, 4) is 5.75 Å². The van der Waals surface area contributed by atoms with Crippen LogP contribution in [-0.4, -0.2) is 25.0 Å². The largest absolute Gasteiger partial charge is 0.483 e. The quantitative estimate of drug-likeness (QED) is 0.459. The van der Waals surface area contributed by atoms with Gasteiger partial charge in [-0.25, -0.2) is 5.43 Å². The first-order chi connectivity index (χ1) is 11.1. The molecule has 0 fully saturated rings. The minimum Gasteiger partial charge on any atom is -0.483 e. The summed E-state index contributed by atoms with van der Waals surface area (Å²) < 4.78 is 6.27. The van der Waals surface area contributed by atoms with Crippen molar-refractivity contribution in [1.82, 2.24) is 5.43 Å². The molecule has 2 aromatic carbocycles. The van der Waals surface area contributed by atoms with Gasteiger partial charge in [0.1, 0.15) is 5.75 Å². The number of amides is 1. The topological polar surface area (TPSA) is 50.7 Å². The molecule has 2 aromatic rings. The first-order valence-corrected chi connectivity index (χ1v) is 8.95. The molecule has 4 nitrogen and oxygen atoms in total. The van der Waals surface area contributed by atoms with Gasteiger partial charge in [0.05, 0.1) is 10.7 Å². The van der Waals surface area contributed by atoms with E-state index >= 15 is 0 Å². The highest BCUT2D eigenvalue weighted by atomic mass is 79.9. The molecular formula is C17H17BrN2O2S. The number of ether oxygens (including phenoxy) is 1. The van der Waals surface area contributed by atoms with Crippen LogP contribution in [-0.2, 0) is 4.79 Å². The summed E-state index contributed by atoms with van der Waals surface area (Å²) in [5, 5.41) is 3.92. The highest BCUT2D eigenvalue weighted by Gasteiger charge is 2.04. The van der Waals surface area contributed by atoms with Crippen LogP contribution in [0.5, 0.6) is 5.75 Å². The predicted molar refractivity (Wildman–Crippen MR) is 98.3 cm³/mol. The lowest BCUT2D eigenvalue weighted by Crippen LogP contribution is -2.24. The molecule has 0 saturated carbocycles. The second kappa shape index (κ2) is 8.74. The van der Waals surface area contributed by atoms with Gasteiger partial charge < -0.3 is 4.74 Å². The summed E-state index contributed by atoms with van der Waals surface area (Å²) in [6, 6.07) is 13.6. The lowest BCUT2D eigenvalue weighted by molar-refractivity contribution is -0.123. The van der Waals surface area contributed by atoms with E-state index in [1.165, 1.54) is 4.90 Å². The zero-order chi connectivity index (χ0) is 16.7. The average Bonchev–Trinajstić information content (AvgIpc) is 2.54. The van der Waals surface area contributed by atoms with Gasteiger partial charge in [-0.05, 0) is 64.5 Å². The summed E-state index contributed by atoms with van der Waals surface area (Å²) in [4.78, 5) is 12.9. The van der Waals surface area contributed by atoms with Gasteiger partial charge in [-0.3, -0.25) is 4.79 Å². The van der Waals surface area contributed by atoms with Crippen molar-refractivity contribution in [1.29, 1.82) is 0 Å². The number of aryl methyl sites for hydroxylation is 1. The first-order valence-electron chi connectivity index (χ1n) is 6.93. The van der Waals surface area contributed by atoms with Crippen LogP contribution in [0.1, 0.15) is 11.1 Å². The highest BCUT2D eigenvalue weighted by Crippen LogP contribution is 2.25. The maximum Gasteiger partial charge on any atom is 0.277 e. The highest BCUT2D eigenvalue weighted by molar-refractivity contribution is 9.10. The van der Waals surface area contributed by atoms with Gasteiger partial charge >= 0.3 is 0 Å². The van der Waals surface area contributed by atoms with Gasteiger partial charge in [-0.15, -0.1) is 11.8 Å². The van der Waals surface area contributed by atoms with Crippen molar-refractivity contribution in [2.75, 3.05) is 12.9 Å². The number of carbonyl (C=O) groups is 1. The lowest BCUT2D eigenvalue weighted by atomic mass is 10.2. The minimum absolute atomic E-state index is 0.0928. The molecule has 0 saturated heterocycles. The number of nitrogens with one attached hydrogen (secondary N) is 1. The van der Waals surface area contributed by atoms with E-state index in [1.807, 2.05) is 55.6 Å². The second-order valence-corrected chi connectivity index (χ2v) is 6.52. The Bertz CT molecular complexity index is 702. The monoisotopic (exact) mass is 392 g/mol. The van der Waals surface area contributed by atoms with E-state index in [-0.39, 0.29) is 12.5 Å². The third-order valence-corrected chi connectivity index (χ3v) is 4.33. The molecule has 0 aliphatic rings. The Hall–Kier alpha value is -1.79. The van der Waals surface area contributed by atoms with Crippen molar-refractivity contribution in [2.45, 2.75) is 11.8 Å². The van der Waals surface area contributed by atoms with E-state index in [2.05, 4.69) is 26.5 Å². The molecule has 1 amide bonds. The van der Waals surface area contributed by atoms with Crippen LogP contribution < -0.4 is 10.2 Å². The van der Waals surface area contributed by atoms with Crippen LogP contribution in [0.25, 0.3) is 0 Å². The second-order valence-electron chi connectivity index (χ2n) is 4.79. The Labute approximate surface area is 148 Å².